The first-order chi connectivity index (χ1) is 20.2. The molecular formula is C30H36N6O5S. The van der Waals surface area contributed by atoms with Crippen molar-refractivity contribution in [1.29, 1.82) is 5.26 Å². The summed E-state index contributed by atoms with van der Waals surface area (Å²) in [6.07, 6.45) is 1.71. The molecule has 42 heavy (non-hydrogen) atoms. The molecule has 222 valence electrons. The predicted molar refractivity (Wildman–Crippen MR) is 161 cm³/mol. The maximum Gasteiger partial charge on any atom is 0.335 e. The summed E-state index contributed by atoms with van der Waals surface area (Å²) < 4.78 is 13.0. The number of rotatable bonds is 8. The Morgan fingerprint density at radius 1 is 1.31 bits per heavy atom. The van der Waals surface area contributed by atoms with E-state index in [2.05, 4.69) is 16.4 Å². The molecule has 0 aliphatic carbocycles. The molecule has 1 unspecified atom stereocenters. The second-order valence-corrected chi connectivity index (χ2v) is 12.5. The third-order valence-electron chi connectivity index (χ3n) is 7.73. The van der Waals surface area contributed by atoms with E-state index >= 15 is 0 Å². The topological polar surface area (TPSA) is 142 Å². The highest BCUT2D eigenvalue weighted by Gasteiger charge is 2.42. The number of H-pyrrole nitrogens is 1. The molecule has 2 saturated heterocycles. The van der Waals surface area contributed by atoms with Crippen LogP contribution in [0.2, 0.25) is 0 Å². The van der Waals surface area contributed by atoms with Crippen LogP contribution in [0.1, 0.15) is 49.0 Å². The molecule has 12 heteroatoms. The van der Waals surface area contributed by atoms with Crippen molar-refractivity contribution in [3.8, 4) is 6.07 Å². The van der Waals surface area contributed by atoms with Crippen molar-refractivity contribution in [3.63, 3.8) is 0 Å². The Morgan fingerprint density at radius 3 is 2.76 bits per heavy atom. The van der Waals surface area contributed by atoms with Gasteiger partial charge in [0.05, 0.1) is 36.8 Å². The highest BCUT2D eigenvalue weighted by atomic mass is 32.2. The van der Waals surface area contributed by atoms with E-state index in [1.54, 1.807) is 23.0 Å². The molecular weight excluding hydrogens is 556 g/mol. The van der Waals surface area contributed by atoms with Crippen molar-refractivity contribution in [2.75, 3.05) is 43.1 Å². The van der Waals surface area contributed by atoms with Gasteiger partial charge in [0.2, 0.25) is 0 Å². The number of esters is 1. The number of ether oxygens (including phenoxy) is 2. The number of carbonyl (C=O) groups excluding carboxylic acids is 2. The molecule has 2 aliphatic rings. The van der Waals surface area contributed by atoms with Crippen LogP contribution in [-0.4, -0.2) is 75.5 Å². The van der Waals surface area contributed by atoms with E-state index in [-0.39, 0.29) is 30.4 Å². The summed E-state index contributed by atoms with van der Waals surface area (Å²) in [5, 5.41) is 18.2. The summed E-state index contributed by atoms with van der Waals surface area (Å²) in [5.74, 6) is 2.03. The van der Waals surface area contributed by atoms with E-state index < -0.39 is 17.6 Å². The number of aromatic nitrogens is 3. The number of nitrogens with zero attached hydrogens (tertiary/aromatic N) is 4. The van der Waals surface area contributed by atoms with Gasteiger partial charge in [-0.1, -0.05) is 13.8 Å². The fourth-order valence-corrected chi connectivity index (χ4v) is 6.35. The van der Waals surface area contributed by atoms with Gasteiger partial charge in [-0.25, -0.2) is 4.79 Å². The Hall–Kier alpha value is -3.82. The van der Waals surface area contributed by atoms with Gasteiger partial charge in [-0.15, -0.1) is 0 Å². The van der Waals surface area contributed by atoms with Crippen LogP contribution in [0.15, 0.2) is 35.3 Å². The number of hydrogen-bond acceptors (Lipinski definition) is 9. The summed E-state index contributed by atoms with van der Waals surface area (Å²) in [7, 11) is 0. The Morgan fingerprint density at radius 2 is 2.10 bits per heavy atom. The van der Waals surface area contributed by atoms with Crippen LogP contribution in [0, 0.1) is 24.2 Å². The zero-order valence-corrected chi connectivity index (χ0v) is 25.0. The van der Waals surface area contributed by atoms with Crippen LogP contribution < -0.4 is 10.9 Å². The van der Waals surface area contributed by atoms with E-state index in [1.165, 1.54) is 0 Å². The number of nitriles is 1. The maximum atomic E-state index is 13.1. The van der Waals surface area contributed by atoms with Gasteiger partial charge in [-0.3, -0.25) is 14.3 Å². The normalized spacial score (nSPS) is 20.8. The van der Waals surface area contributed by atoms with Gasteiger partial charge in [-0.2, -0.15) is 22.1 Å². The Bertz CT molecular complexity index is 1560. The molecule has 0 spiro atoms. The minimum atomic E-state index is -0.880. The highest BCUT2D eigenvalue weighted by Crippen LogP contribution is 2.37. The smallest absolute Gasteiger partial charge is 0.335 e. The Labute approximate surface area is 248 Å². The summed E-state index contributed by atoms with van der Waals surface area (Å²) in [5.41, 5.74) is 1.48. The molecule has 2 fully saturated rings. The van der Waals surface area contributed by atoms with Gasteiger partial charge >= 0.3 is 5.97 Å². The van der Waals surface area contributed by atoms with E-state index in [0.717, 1.165) is 30.2 Å². The molecule has 0 radical (unpaired) electrons. The average molecular weight is 593 g/mol. The molecule has 0 saturated carbocycles. The second-order valence-electron chi connectivity index (χ2n) is 11.3. The zero-order chi connectivity index (χ0) is 29.9. The standard InChI is InChI=1S/C30H36N6O5S/c1-19(2)17-40-29(39)24-6-8-30(9-10-31,18-41-24)36-23-7-11-32-27(37)25(23)26(34-36)33-21-4-5-22(20(3)16-21)28(38)35-12-14-42-15-13-35/h4-5,7,11,16,19,24H,6,8-9,12-15,17-18H2,1-3H3,(H,32,37)(H,33,34)/t24?,30-/m0/s1. The number of aryl methyl sites for hydroxylation is 1. The van der Waals surface area contributed by atoms with Crippen LogP contribution in [0.3, 0.4) is 0 Å². The number of thioether (sulfide) groups is 1. The van der Waals surface area contributed by atoms with Crippen molar-refractivity contribution < 1.29 is 19.1 Å². The lowest BCUT2D eigenvalue weighted by molar-refractivity contribution is -0.166. The van der Waals surface area contributed by atoms with Gasteiger partial charge in [0.1, 0.15) is 5.39 Å². The minimum absolute atomic E-state index is 0.0210. The third kappa shape index (κ3) is 6.03. The molecule has 2 atom stereocenters. The van der Waals surface area contributed by atoms with E-state index in [0.29, 0.717) is 47.4 Å². The summed E-state index contributed by atoms with van der Waals surface area (Å²) in [6.45, 7) is 7.68. The fourth-order valence-electron chi connectivity index (χ4n) is 5.45. The fraction of sp³-hybridized carbons (Fsp3) is 0.500. The molecule has 2 aliphatic heterocycles. The largest absolute Gasteiger partial charge is 0.463 e. The average Bonchev–Trinajstić information content (AvgIpc) is 3.36. The number of benzene rings is 1. The van der Waals surface area contributed by atoms with Gasteiger partial charge in [0.25, 0.3) is 11.5 Å². The number of amides is 1. The first kappa shape index (κ1) is 29.7. The lowest BCUT2D eigenvalue weighted by Gasteiger charge is -2.38. The Balaban J connectivity index is 1.43. The van der Waals surface area contributed by atoms with Crippen LogP contribution in [0.5, 0.6) is 0 Å². The summed E-state index contributed by atoms with van der Waals surface area (Å²) in [4.78, 5) is 43.3. The molecule has 2 aromatic heterocycles. The highest BCUT2D eigenvalue weighted by molar-refractivity contribution is 7.99. The number of nitrogens with one attached hydrogen (secondary N) is 2. The lowest BCUT2D eigenvalue weighted by Crippen LogP contribution is -2.47. The predicted octanol–water partition coefficient (Wildman–Crippen LogP) is 3.95. The minimum Gasteiger partial charge on any atom is -0.463 e. The quantitative estimate of drug-likeness (QED) is 0.372. The molecule has 1 aromatic carbocycles. The maximum absolute atomic E-state index is 13.1. The van der Waals surface area contributed by atoms with E-state index in [9.17, 15) is 19.6 Å². The molecule has 4 heterocycles. The van der Waals surface area contributed by atoms with E-state index in [4.69, 9.17) is 14.6 Å². The second kappa shape index (κ2) is 12.6. The molecule has 2 N–H and O–H groups in total. The zero-order valence-electron chi connectivity index (χ0n) is 24.1. The van der Waals surface area contributed by atoms with Crippen molar-refractivity contribution in [3.05, 3.63) is 51.9 Å². The number of pyridine rings is 1. The summed E-state index contributed by atoms with van der Waals surface area (Å²) >= 11 is 1.85. The third-order valence-corrected chi connectivity index (χ3v) is 8.67. The molecule has 1 amide bonds. The van der Waals surface area contributed by atoms with Gasteiger partial charge in [-0.05, 0) is 55.5 Å². The SMILES string of the molecule is Cc1cc(Nc2nn([C@]3(CC#N)CCC(C(=O)OCC(C)C)OC3)c3cc[nH]c(=O)c23)ccc1C(=O)N1CCSCC1. The van der Waals surface area contributed by atoms with Gasteiger partial charge in [0, 0.05) is 42.0 Å². The number of carbonyl (C=O) groups is 2. The van der Waals surface area contributed by atoms with Gasteiger partial charge in [0.15, 0.2) is 11.9 Å². The van der Waals surface area contributed by atoms with Gasteiger partial charge < -0.3 is 24.7 Å². The van der Waals surface area contributed by atoms with Crippen molar-refractivity contribution in [2.24, 2.45) is 5.92 Å². The van der Waals surface area contributed by atoms with Crippen molar-refractivity contribution in [1.82, 2.24) is 19.7 Å². The number of fused-ring (bicyclic) bond motifs is 1. The molecule has 11 nitrogen and oxygen atoms in total. The first-order valence-corrected chi connectivity index (χ1v) is 15.4. The lowest BCUT2D eigenvalue weighted by atomic mass is 9.87. The van der Waals surface area contributed by atoms with Crippen LogP contribution >= 0.6 is 11.8 Å². The van der Waals surface area contributed by atoms with Crippen LogP contribution in [-0.2, 0) is 19.8 Å². The number of hydrogen-bond donors (Lipinski definition) is 2. The molecule has 0 bridgehead atoms. The van der Waals surface area contributed by atoms with Crippen LogP contribution in [0.4, 0.5) is 11.5 Å². The van der Waals surface area contributed by atoms with E-state index in [1.807, 2.05) is 49.6 Å². The first-order valence-electron chi connectivity index (χ1n) is 14.2. The summed E-state index contributed by atoms with van der Waals surface area (Å²) in [6, 6.07) is 9.48. The number of aromatic amines is 1. The molecule has 5 rings (SSSR count). The van der Waals surface area contributed by atoms with Crippen LogP contribution in [0.25, 0.3) is 10.9 Å². The Kier molecular flexibility index (Phi) is 8.89. The van der Waals surface area contributed by atoms with Crippen molar-refractivity contribution in [2.45, 2.75) is 51.7 Å². The van der Waals surface area contributed by atoms with Crippen molar-refractivity contribution >= 4 is 46.0 Å². The monoisotopic (exact) mass is 592 g/mol. The number of anilines is 2. The molecule has 3 aromatic rings.